The number of rotatable bonds is 2. The Morgan fingerprint density at radius 2 is 1.05 bits per heavy atom. The predicted molar refractivity (Wildman–Crippen MR) is 98.7 cm³/mol. The lowest BCUT2D eigenvalue weighted by Gasteiger charge is -2.66. The standard InChI is InChI=1S/C21H37P/c1-12-16-8-14(20(16,3)4)10-18(12)22(7)19-11-15-9-17(13(19)2)21(15,5)6/h12-19H,8-11H2,1-7H3. The van der Waals surface area contributed by atoms with Gasteiger partial charge in [0.25, 0.3) is 0 Å². The highest BCUT2D eigenvalue weighted by atomic mass is 31.1. The van der Waals surface area contributed by atoms with Crippen molar-refractivity contribution in [2.24, 2.45) is 46.3 Å². The van der Waals surface area contributed by atoms with Crippen LogP contribution < -0.4 is 0 Å². The molecule has 0 saturated heterocycles. The second-order valence-corrected chi connectivity index (χ2v) is 13.4. The maximum absolute atomic E-state index is 2.70. The van der Waals surface area contributed by atoms with E-state index in [0.717, 1.165) is 46.8 Å². The Bertz CT molecular complexity index is 423. The average molecular weight is 321 g/mol. The second kappa shape index (κ2) is 4.74. The van der Waals surface area contributed by atoms with E-state index in [9.17, 15) is 0 Å². The molecular weight excluding hydrogens is 283 g/mol. The van der Waals surface area contributed by atoms with Gasteiger partial charge in [0.05, 0.1) is 0 Å². The highest BCUT2D eigenvalue weighted by Crippen LogP contribution is 2.71. The average Bonchev–Trinajstić information content (AvgIpc) is 2.45. The molecule has 0 N–H and O–H groups in total. The minimum absolute atomic E-state index is 0.229. The van der Waals surface area contributed by atoms with Gasteiger partial charge in [-0.1, -0.05) is 41.5 Å². The minimum Gasteiger partial charge on any atom is -0.103 e. The van der Waals surface area contributed by atoms with Gasteiger partial charge in [0, 0.05) is 0 Å². The van der Waals surface area contributed by atoms with Gasteiger partial charge in [-0.15, -0.1) is 7.92 Å². The van der Waals surface area contributed by atoms with Gasteiger partial charge in [-0.05, 0) is 90.0 Å². The van der Waals surface area contributed by atoms with Gasteiger partial charge >= 0.3 is 0 Å². The molecule has 0 radical (unpaired) electrons. The maximum atomic E-state index is 2.70. The van der Waals surface area contributed by atoms with Gasteiger partial charge in [-0.25, -0.2) is 0 Å². The quantitative estimate of drug-likeness (QED) is 0.528. The third-order valence-corrected chi connectivity index (χ3v) is 13.1. The molecule has 0 amide bonds. The van der Waals surface area contributed by atoms with Gasteiger partial charge in [-0.3, -0.25) is 0 Å². The van der Waals surface area contributed by atoms with E-state index in [0.29, 0.717) is 10.8 Å². The second-order valence-electron chi connectivity index (χ2n) is 10.7. The lowest BCUT2D eigenvalue weighted by Crippen LogP contribution is -2.59. The molecule has 6 aliphatic carbocycles. The lowest BCUT2D eigenvalue weighted by molar-refractivity contribution is -0.102. The van der Waals surface area contributed by atoms with Crippen LogP contribution in [0.5, 0.6) is 0 Å². The van der Waals surface area contributed by atoms with Gasteiger partial charge < -0.3 is 0 Å². The van der Waals surface area contributed by atoms with E-state index in [1.165, 1.54) is 0 Å². The van der Waals surface area contributed by atoms with E-state index in [1.54, 1.807) is 25.7 Å². The molecule has 8 unspecified atom stereocenters. The summed E-state index contributed by atoms with van der Waals surface area (Å²) in [5.41, 5.74) is 3.49. The van der Waals surface area contributed by atoms with Gasteiger partial charge in [0.15, 0.2) is 0 Å². The van der Waals surface area contributed by atoms with Crippen LogP contribution in [0.2, 0.25) is 0 Å². The summed E-state index contributed by atoms with van der Waals surface area (Å²) in [6.07, 6.45) is 6.22. The van der Waals surface area contributed by atoms with Crippen LogP contribution >= 0.6 is 7.92 Å². The van der Waals surface area contributed by atoms with Crippen LogP contribution in [0.15, 0.2) is 0 Å². The first-order valence-electron chi connectivity index (χ1n) is 9.87. The van der Waals surface area contributed by atoms with Crippen LogP contribution in [0.3, 0.4) is 0 Å². The van der Waals surface area contributed by atoms with Crippen LogP contribution in [0, 0.1) is 46.3 Å². The summed E-state index contributed by atoms with van der Waals surface area (Å²) >= 11 is 0. The molecule has 4 bridgehead atoms. The van der Waals surface area contributed by atoms with Crippen molar-refractivity contribution in [3.8, 4) is 0 Å². The summed E-state index contributed by atoms with van der Waals surface area (Å²) < 4.78 is 0. The summed E-state index contributed by atoms with van der Waals surface area (Å²) in [6, 6.07) is 0. The molecule has 0 aromatic rings. The van der Waals surface area contributed by atoms with E-state index >= 15 is 0 Å². The molecule has 6 rings (SSSR count). The first kappa shape index (κ1) is 15.9. The largest absolute Gasteiger partial charge is 0.103 e. The van der Waals surface area contributed by atoms with Gasteiger partial charge in [0.2, 0.25) is 0 Å². The third-order valence-electron chi connectivity index (χ3n) is 9.67. The van der Waals surface area contributed by atoms with Crippen molar-refractivity contribution in [3.05, 3.63) is 0 Å². The van der Waals surface area contributed by atoms with Gasteiger partial charge in [-0.2, -0.15) is 0 Å². The summed E-state index contributed by atoms with van der Waals surface area (Å²) in [5, 5.41) is 0. The molecule has 6 saturated carbocycles. The Hall–Kier alpha value is 0.430. The molecule has 0 spiro atoms. The molecule has 0 heterocycles. The Labute approximate surface area is 140 Å². The fourth-order valence-electron chi connectivity index (χ4n) is 7.57. The SMILES string of the molecule is CC1C(P(C)C2CC3CC(C2C)C3(C)C)CC2CC1C2(C)C. The first-order chi connectivity index (χ1) is 10.2. The molecule has 0 aromatic carbocycles. The predicted octanol–water partition coefficient (Wildman–Crippen LogP) is 6.24. The highest BCUT2D eigenvalue weighted by Gasteiger charge is 2.60. The van der Waals surface area contributed by atoms with Crippen molar-refractivity contribution < 1.29 is 0 Å². The Morgan fingerprint density at radius 1 is 0.682 bits per heavy atom. The van der Waals surface area contributed by atoms with Crippen molar-refractivity contribution in [3.63, 3.8) is 0 Å². The van der Waals surface area contributed by atoms with Crippen LogP contribution in [0.25, 0.3) is 0 Å². The normalized spacial score (nSPS) is 55.8. The third kappa shape index (κ3) is 1.86. The number of hydrogen-bond acceptors (Lipinski definition) is 0. The van der Waals surface area contributed by atoms with Crippen molar-refractivity contribution in [1.82, 2.24) is 0 Å². The zero-order valence-corrected chi connectivity index (χ0v) is 16.8. The molecule has 8 atom stereocenters. The molecule has 0 aliphatic heterocycles. The van der Waals surface area contributed by atoms with Crippen LogP contribution in [-0.4, -0.2) is 18.0 Å². The van der Waals surface area contributed by atoms with Gasteiger partial charge in [0.1, 0.15) is 0 Å². The van der Waals surface area contributed by atoms with Crippen LogP contribution in [0.4, 0.5) is 0 Å². The fourth-order valence-corrected chi connectivity index (χ4v) is 11.1. The van der Waals surface area contributed by atoms with Crippen molar-refractivity contribution in [2.45, 2.75) is 78.5 Å². The molecule has 6 aliphatic rings. The Morgan fingerprint density at radius 3 is 1.32 bits per heavy atom. The minimum atomic E-state index is 0.229. The zero-order valence-electron chi connectivity index (χ0n) is 15.9. The summed E-state index contributed by atoms with van der Waals surface area (Å²) in [5.74, 6) is 6.16. The van der Waals surface area contributed by atoms with E-state index < -0.39 is 0 Å². The number of fused-ring (bicyclic) bond motifs is 4. The van der Waals surface area contributed by atoms with Crippen molar-refractivity contribution in [2.75, 3.05) is 6.66 Å². The number of hydrogen-bond donors (Lipinski definition) is 0. The Balaban J connectivity index is 1.49. The monoisotopic (exact) mass is 320 g/mol. The molecule has 0 nitrogen and oxygen atoms in total. The topological polar surface area (TPSA) is 0 Å². The van der Waals surface area contributed by atoms with E-state index in [1.807, 2.05) is 0 Å². The molecule has 22 heavy (non-hydrogen) atoms. The summed E-state index contributed by atoms with van der Waals surface area (Å²) in [4.78, 5) is 0. The fraction of sp³-hybridized carbons (Fsp3) is 1.00. The summed E-state index contributed by atoms with van der Waals surface area (Å²) in [7, 11) is 0.229. The van der Waals surface area contributed by atoms with Crippen molar-refractivity contribution in [1.29, 1.82) is 0 Å². The molecule has 126 valence electrons. The van der Waals surface area contributed by atoms with Crippen LogP contribution in [0.1, 0.15) is 67.2 Å². The summed E-state index contributed by atoms with van der Waals surface area (Å²) in [6.45, 7) is 18.1. The highest BCUT2D eigenvalue weighted by molar-refractivity contribution is 7.58. The van der Waals surface area contributed by atoms with Crippen LogP contribution in [-0.2, 0) is 0 Å². The lowest BCUT2D eigenvalue weighted by atomic mass is 9.45. The molecule has 6 fully saturated rings. The van der Waals surface area contributed by atoms with E-state index in [2.05, 4.69) is 48.2 Å². The molecular formula is C21H37P. The van der Waals surface area contributed by atoms with Crippen molar-refractivity contribution >= 4 is 7.92 Å². The maximum Gasteiger partial charge on any atom is -0.0178 e. The smallest absolute Gasteiger partial charge is 0.0178 e. The molecule has 0 aromatic heterocycles. The van der Waals surface area contributed by atoms with E-state index in [4.69, 9.17) is 0 Å². The Kier molecular flexibility index (Phi) is 3.43. The molecule has 1 heteroatoms. The first-order valence-corrected chi connectivity index (χ1v) is 11.8. The van der Waals surface area contributed by atoms with E-state index in [-0.39, 0.29) is 7.92 Å². The zero-order chi connectivity index (χ0) is 16.0.